The molecule has 2 aromatic heterocycles. The molecule has 0 fully saturated rings. The quantitative estimate of drug-likeness (QED) is 0.751. The van der Waals surface area contributed by atoms with Crippen LogP contribution in [0.2, 0.25) is 0 Å². The van der Waals surface area contributed by atoms with Crippen LogP contribution in [0.15, 0.2) is 55.0 Å². The first kappa shape index (κ1) is 16.7. The highest BCUT2D eigenvalue weighted by Crippen LogP contribution is 2.18. The molecular formula is C19H20N4O2. The van der Waals surface area contributed by atoms with E-state index in [0.29, 0.717) is 12.3 Å². The number of aryl methyl sites for hydroxylation is 2. The van der Waals surface area contributed by atoms with Crippen molar-refractivity contribution in [2.75, 3.05) is 6.61 Å². The number of nitrogens with one attached hydrogen (secondary N) is 1. The van der Waals surface area contributed by atoms with Crippen LogP contribution in [0.4, 0.5) is 0 Å². The Bertz CT molecular complexity index is 856. The number of carbonyl (C=O) groups is 1. The predicted molar refractivity (Wildman–Crippen MR) is 95.0 cm³/mol. The standard InChI is InChI=1S/C19H20N4O2/c1-14-3-5-17(6-4-14)25-13-19(24)21-11-15-9-16(12-20-10-15)18-7-8-22-23(18)2/h3-10,12H,11,13H2,1-2H3,(H,21,24). The molecule has 0 unspecified atom stereocenters. The second-order valence-electron chi connectivity index (χ2n) is 5.80. The van der Waals surface area contributed by atoms with Crippen molar-refractivity contribution in [1.82, 2.24) is 20.1 Å². The third kappa shape index (κ3) is 4.44. The lowest BCUT2D eigenvalue weighted by molar-refractivity contribution is -0.123. The number of hydrogen-bond acceptors (Lipinski definition) is 4. The number of amides is 1. The Morgan fingerprint density at radius 1 is 1.20 bits per heavy atom. The van der Waals surface area contributed by atoms with Crippen LogP contribution >= 0.6 is 0 Å². The largest absolute Gasteiger partial charge is 0.484 e. The van der Waals surface area contributed by atoms with E-state index in [1.807, 2.05) is 50.4 Å². The molecule has 1 aromatic carbocycles. The van der Waals surface area contributed by atoms with Gasteiger partial charge in [0, 0.05) is 37.7 Å². The molecule has 0 saturated heterocycles. The van der Waals surface area contributed by atoms with Gasteiger partial charge >= 0.3 is 0 Å². The van der Waals surface area contributed by atoms with Gasteiger partial charge in [-0.05, 0) is 36.8 Å². The van der Waals surface area contributed by atoms with Gasteiger partial charge in [0.05, 0.1) is 5.69 Å². The van der Waals surface area contributed by atoms with Gasteiger partial charge in [0.25, 0.3) is 5.91 Å². The van der Waals surface area contributed by atoms with Crippen molar-refractivity contribution in [1.29, 1.82) is 0 Å². The zero-order valence-corrected chi connectivity index (χ0v) is 14.3. The van der Waals surface area contributed by atoms with Crippen LogP contribution in [-0.2, 0) is 18.4 Å². The van der Waals surface area contributed by atoms with E-state index in [1.54, 1.807) is 23.3 Å². The first-order chi connectivity index (χ1) is 12.1. The molecular weight excluding hydrogens is 316 g/mol. The van der Waals surface area contributed by atoms with Crippen molar-refractivity contribution >= 4 is 5.91 Å². The summed E-state index contributed by atoms with van der Waals surface area (Å²) in [4.78, 5) is 16.2. The third-order valence-corrected chi connectivity index (χ3v) is 3.79. The van der Waals surface area contributed by atoms with Crippen molar-refractivity contribution in [3.63, 3.8) is 0 Å². The van der Waals surface area contributed by atoms with Gasteiger partial charge in [-0.2, -0.15) is 5.10 Å². The summed E-state index contributed by atoms with van der Waals surface area (Å²) in [5.41, 5.74) is 4.01. The second-order valence-corrected chi connectivity index (χ2v) is 5.80. The second kappa shape index (κ2) is 7.61. The Labute approximate surface area is 146 Å². The maximum absolute atomic E-state index is 12.0. The fourth-order valence-corrected chi connectivity index (χ4v) is 2.42. The summed E-state index contributed by atoms with van der Waals surface area (Å²) in [6.45, 7) is 2.39. The van der Waals surface area contributed by atoms with Crippen molar-refractivity contribution in [2.45, 2.75) is 13.5 Å². The molecule has 1 amide bonds. The van der Waals surface area contributed by atoms with E-state index in [-0.39, 0.29) is 12.5 Å². The number of hydrogen-bond donors (Lipinski definition) is 1. The maximum atomic E-state index is 12.0. The molecule has 2 heterocycles. The highest BCUT2D eigenvalue weighted by molar-refractivity contribution is 5.77. The topological polar surface area (TPSA) is 69.0 Å². The van der Waals surface area contributed by atoms with Gasteiger partial charge in [0.1, 0.15) is 5.75 Å². The van der Waals surface area contributed by atoms with Gasteiger partial charge in [-0.25, -0.2) is 0 Å². The molecule has 128 valence electrons. The molecule has 0 radical (unpaired) electrons. The molecule has 1 N–H and O–H groups in total. The number of pyridine rings is 1. The molecule has 6 heteroatoms. The van der Waals surface area contributed by atoms with Crippen molar-refractivity contribution in [3.05, 3.63) is 66.1 Å². The van der Waals surface area contributed by atoms with Gasteiger partial charge in [-0.1, -0.05) is 17.7 Å². The van der Waals surface area contributed by atoms with Crippen molar-refractivity contribution < 1.29 is 9.53 Å². The Morgan fingerprint density at radius 3 is 2.72 bits per heavy atom. The molecule has 6 nitrogen and oxygen atoms in total. The van der Waals surface area contributed by atoms with Gasteiger partial charge in [0.2, 0.25) is 0 Å². The molecule has 3 aromatic rings. The SMILES string of the molecule is Cc1ccc(OCC(=O)NCc2cncc(-c3ccnn3C)c2)cc1. The lowest BCUT2D eigenvalue weighted by Gasteiger charge is -2.09. The van der Waals surface area contributed by atoms with Crippen LogP contribution in [0.1, 0.15) is 11.1 Å². The zero-order chi connectivity index (χ0) is 17.6. The minimum absolute atomic E-state index is 0.0160. The highest BCUT2D eigenvalue weighted by atomic mass is 16.5. The smallest absolute Gasteiger partial charge is 0.258 e. The molecule has 0 aliphatic heterocycles. The van der Waals surface area contributed by atoms with Crippen LogP contribution in [0.5, 0.6) is 5.75 Å². The number of aromatic nitrogens is 3. The van der Waals surface area contributed by atoms with Crippen LogP contribution in [0.3, 0.4) is 0 Å². The highest BCUT2D eigenvalue weighted by Gasteiger charge is 2.06. The molecule has 0 saturated carbocycles. The van der Waals surface area contributed by atoms with Gasteiger partial charge in [-0.15, -0.1) is 0 Å². The van der Waals surface area contributed by atoms with Crippen LogP contribution < -0.4 is 10.1 Å². The average molecular weight is 336 g/mol. The van der Waals surface area contributed by atoms with Crippen LogP contribution in [0, 0.1) is 6.92 Å². The minimum Gasteiger partial charge on any atom is -0.484 e. The lowest BCUT2D eigenvalue weighted by atomic mass is 10.1. The zero-order valence-electron chi connectivity index (χ0n) is 14.3. The van der Waals surface area contributed by atoms with E-state index < -0.39 is 0 Å². The van der Waals surface area contributed by atoms with E-state index >= 15 is 0 Å². The lowest BCUT2D eigenvalue weighted by Crippen LogP contribution is -2.28. The molecule has 0 bridgehead atoms. The monoisotopic (exact) mass is 336 g/mol. The third-order valence-electron chi connectivity index (χ3n) is 3.79. The summed E-state index contributed by atoms with van der Waals surface area (Å²) in [7, 11) is 1.88. The summed E-state index contributed by atoms with van der Waals surface area (Å²) in [5, 5.41) is 7.00. The predicted octanol–water partition coefficient (Wildman–Crippen LogP) is 2.49. The molecule has 3 rings (SSSR count). The van der Waals surface area contributed by atoms with E-state index in [1.165, 1.54) is 0 Å². The minimum atomic E-state index is -0.175. The summed E-state index contributed by atoms with van der Waals surface area (Å²) >= 11 is 0. The fraction of sp³-hybridized carbons (Fsp3) is 0.211. The Balaban J connectivity index is 1.54. The van der Waals surface area contributed by atoms with Gasteiger partial charge < -0.3 is 10.1 Å². The molecule has 0 spiro atoms. The number of nitrogens with zero attached hydrogens (tertiary/aromatic N) is 3. The van der Waals surface area contributed by atoms with Crippen molar-refractivity contribution in [2.24, 2.45) is 7.05 Å². The van der Waals surface area contributed by atoms with E-state index in [0.717, 1.165) is 22.4 Å². The number of ether oxygens (including phenoxy) is 1. The fourth-order valence-electron chi connectivity index (χ4n) is 2.42. The van der Waals surface area contributed by atoms with E-state index in [2.05, 4.69) is 15.4 Å². The van der Waals surface area contributed by atoms with E-state index in [4.69, 9.17) is 4.74 Å². The number of rotatable bonds is 6. The summed E-state index contributed by atoms with van der Waals surface area (Å²) in [6, 6.07) is 11.5. The molecule has 0 aliphatic carbocycles. The van der Waals surface area contributed by atoms with Gasteiger partial charge in [-0.3, -0.25) is 14.5 Å². The Kier molecular flexibility index (Phi) is 5.09. The first-order valence-corrected chi connectivity index (χ1v) is 8.00. The molecule has 0 aliphatic rings. The van der Waals surface area contributed by atoms with Crippen molar-refractivity contribution in [3.8, 4) is 17.0 Å². The van der Waals surface area contributed by atoms with Crippen LogP contribution in [-0.4, -0.2) is 27.3 Å². The number of benzene rings is 1. The first-order valence-electron chi connectivity index (χ1n) is 8.00. The Hall–Kier alpha value is -3.15. The van der Waals surface area contributed by atoms with E-state index in [9.17, 15) is 4.79 Å². The Morgan fingerprint density at radius 2 is 2.00 bits per heavy atom. The van der Waals surface area contributed by atoms with Gasteiger partial charge in [0.15, 0.2) is 6.61 Å². The molecule has 25 heavy (non-hydrogen) atoms. The molecule has 0 atom stereocenters. The average Bonchev–Trinajstić information content (AvgIpc) is 3.06. The van der Waals surface area contributed by atoms with Crippen LogP contribution in [0.25, 0.3) is 11.3 Å². The summed E-state index contributed by atoms with van der Waals surface area (Å²) in [5.74, 6) is 0.507. The number of carbonyl (C=O) groups excluding carboxylic acids is 1. The maximum Gasteiger partial charge on any atom is 0.258 e. The summed E-state index contributed by atoms with van der Waals surface area (Å²) in [6.07, 6.45) is 5.26. The summed E-state index contributed by atoms with van der Waals surface area (Å²) < 4.78 is 7.26. The normalized spacial score (nSPS) is 10.5.